The van der Waals surface area contributed by atoms with Crippen LogP contribution in [0.2, 0.25) is 0 Å². The van der Waals surface area contributed by atoms with Gasteiger partial charge in [-0.25, -0.2) is 13.6 Å². The number of hydrogen-bond donors (Lipinski definition) is 3. The van der Waals surface area contributed by atoms with Crippen molar-refractivity contribution < 1.29 is 42.5 Å². The first-order chi connectivity index (χ1) is 18.2. The molecule has 0 unspecified atom stereocenters. The Morgan fingerprint density at radius 1 is 0.974 bits per heavy atom. The zero-order chi connectivity index (χ0) is 27.7. The molecule has 2 aromatic rings. The smallest absolute Gasteiger partial charge is 0.407 e. The van der Waals surface area contributed by atoms with Crippen molar-refractivity contribution in [2.75, 3.05) is 46.1 Å². The van der Waals surface area contributed by atoms with Crippen LogP contribution in [0.25, 0.3) is 0 Å². The van der Waals surface area contributed by atoms with E-state index in [0.717, 1.165) is 17.4 Å². The molecule has 2 aromatic carbocycles. The van der Waals surface area contributed by atoms with Crippen LogP contribution in [0.4, 0.5) is 13.6 Å². The molecule has 3 rings (SSSR count). The second-order valence-electron chi connectivity index (χ2n) is 8.65. The molecule has 1 aliphatic heterocycles. The summed E-state index contributed by atoms with van der Waals surface area (Å²) in [4.78, 5) is 37.9. The highest BCUT2D eigenvalue weighted by molar-refractivity contribution is 6.11. The first-order valence-corrected chi connectivity index (χ1v) is 12.2. The summed E-state index contributed by atoms with van der Waals surface area (Å²) in [6.45, 7) is 3.69. The number of nitrogens with two attached hydrogens (primary N) is 1. The van der Waals surface area contributed by atoms with Gasteiger partial charge >= 0.3 is 6.09 Å². The van der Waals surface area contributed by atoms with Crippen LogP contribution in [0.15, 0.2) is 36.4 Å². The van der Waals surface area contributed by atoms with E-state index >= 15 is 0 Å². The lowest BCUT2D eigenvalue weighted by molar-refractivity contribution is 0.0364. The monoisotopic (exact) mass is 535 g/mol. The minimum Gasteiger partial charge on any atom is -0.490 e. The average molecular weight is 536 g/mol. The summed E-state index contributed by atoms with van der Waals surface area (Å²) in [6, 6.07) is 6.22. The number of carbonyl (C=O) groups is 3. The maximum absolute atomic E-state index is 14.7. The lowest BCUT2D eigenvalue weighted by Gasteiger charge is -2.16. The number of hydrogen-bond acceptors (Lipinski definition) is 7. The molecule has 0 radical (unpaired) electrons. The van der Waals surface area contributed by atoms with Gasteiger partial charge in [0.05, 0.1) is 25.9 Å². The summed E-state index contributed by atoms with van der Waals surface area (Å²) in [7, 11) is 0. The minimum atomic E-state index is -1.35. The lowest BCUT2D eigenvalue weighted by Crippen LogP contribution is -2.46. The Bertz CT molecular complexity index is 1130. The van der Waals surface area contributed by atoms with E-state index in [-0.39, 0.29) is 43.2 Å². The molecule has 1 saturated heterocycles. The van der Waals surface area contributed by atoms with E-state index < -0.39 is 47.1 Å². The molecule has 2 atom stereocenters. The Kier molecular flexibility index (Phi) is 10.5. The number of nitrogens with zero attached hydrogens (tertiary/aromatic N) is 1. The maximum Gasteiger partial charge on any atom is 0.407 e. The molecule has 0 aromatic heterocycles. The third-order valence-corrected chi connectivity index (χ3v) is 5.85. The van der Waals surface area contributed by atoms with Crippen LogP contribution in [0, 0.1) is 11.6 Å². The summed E-state index contributed by atoms with van der Waals surface area (Å²) in [6.07, 6.45) is -0.230. The predicted octanol–water partition coefficient (Wildman–Crippen LogP) is 2.44. The molecule has 0 spiro atoms. The van der Waals surface area contributed by atoms with Crippen molar-refractivity contribution in [1.82, 2.24) is 10.2 Å². The van der Waals surface area contributed by atoms with E-state index in [1.54, 1.807) is 0 Å². The molecule has 10 nitrogen and oxygen atoms in total. The molecule has 12 heteroatoms. The fourth-order valence-electron chi connectivity index (χ4n) is 3.85. The summed E-state index contributed by atoms with van der Waals surface area (Å²) < 4.78 is 44.8. The number of carboxylic acid groups (broad SMARTS) is 1. The standard InChI is InChI=1S/C26H31F2N3O7/c1-2-9-36-10-11-37-12-13-38-21-8-7-18(27)23(28)22(21)24(32)16-3-5-17(6-4-16)25(33)30-20-15-31(26(34)35)14-19(20)29/h3-8,19-20H,2,9-15,29H2,1H3,(H,30,33)(H,34,35)/t19-,20-/m1/s1. The van der Waals surface area contributed by atoms with Crippen molar-refractivity contribution in [3.63, 3.8) is 0 Å². The Labute approximate surface area is 218 Å². The normalized spacial score (nSPS) is 16.9. The average Bonchev–Trinajstić information content (AvgIpc) is 3.27. The maximum atomic E-state index is 14.7. The van der Waals surface area contributed by atoms with E-state index in [0.29, 0.717) is 19.8 Å². The fourth-order valence-corrected chi connectivity index (χ4v) is 3.85. The van der Waals surface area contributed by atoms with Crippen LogP contribution >= 0.6 is 0 Å². The zero-order valence-corrected chi connectivity index (χ0v) is 21.0. The quantitative estimate of drug-likeness (QED) is 0.263. The summed E-state index contributed by atoms with van der Waals surface area (Å²) in [5.74, 6) is -4.03. The van der Waals surface area contributed by atoms with Crippen molar-refractivity contribution in [1.29, 1.82) is 0 Å². The van der Waals surface area contributed by atoms with E-state index in [9.17, 15) is 23.2 Å². The van der Waals surface area contributed by atoms with Crippen LogP contribution in [-0.2, 0) is 9.47 Å². The Balaban J connectivity index is 1.63. The zero-order valence-electron chi connectivity index (χ0n) is 21.0. The molecule has 38 heavy (non-hydrogen) atoms. The third-order valence-electron chi connectivity index (χ3n) is 5.85. The first-order valence-electron chi connectivity index (χ1n) is 12.2. The van der Waals surface area contributed by atoms with Gasteiger partial charge in [-0.2, -0.15) is 0 Å². The molecule has 1 fully saturated rings. The lowest BCUT2D eigenvalue weighted by atomic mass is 10.00. The van der Waals surface area contributed by atoms with Crippen LogP contribution in [0.5, 0.6) is 5.75 Å². The first kappa shape index (κ1) is 29.0. The highest BCUT2D eigenvalue weighted by Gasteiger charge is 2.34. The van der Waals surface area contributed by atoms with Crippen LogP contribution in [-0.4, -0.2) is 86.0 Å². The molecule has 1 aliphatic rings. The summed E-state index contributed by atoms with van der Waals surface area (Å²) in [5, 5.41) is 11.8. The van der Waals surface area contributed by atoms with Gasteiger partial charge in [0.2, 0.25) is 0 Å². The van der Waals surface area contributed by atoms with Gasteiger partial charge in [0.1, 0.15) is 17.9 Å². The number of ketones is 1. The van der Waals surface area contributed by atoms with Crippen molar-refractivity contribution in [3.05, 3.63) is 64.7 Å². The number of benzene rings is 2. The molecule has 2 amide bonds. The van der Waals surface area contributed by atoms with Gasteiger partial charge in [-0.05, 0) is 30.7 Å². The van der Waals surface area contributed by atoms with E-state index in [1.165, 1.54) is 30.3 Å². The number of halogens is 2. The minimum absolute atomic E-state index is 0.000843. The van der Waals surface area contributed by atoms with Gasteiger partial charge in [-0.15, -0.1) is 0 Å². The molecular weight excluding hydrogens is 504 g/mol. The molecule has 0 saturated carbocycles. The Morgan fingerprint density at radius 3 is 2.24 bits per heavy atom. The highest BCUT2D eigenvalue weighted by Crippen LogP contribution is 2.27. The number of likely N-dealkylation sites (tertiary alicyclic amines) is 1. The number of amides is 2. The summed E-state index contributed by atoms with van der Waals surface area (Å²) >= 11 is 0. The number of carbonyl (C=O) groups excluding carboxylic acids is 2. The molecule has 0 bridgehead atoms. The molecule has 0 aliphatic carbocycles. The second-order valence-corrected chi connectivity index (χ2v) is 8.65. The second kappa shape index (κ2) is 13.8. The third kappa shape index (κ3) is 7.46. The van der Waals surface area contributed by atoms with Gasteiger partial charge in [0.15, 0.2) is 17.4 Å². The van der Waals surface area contributed by atoms with Crippen LogP contribution in [0.3, 0.4) is 0 Å². The number of rotatable bonds is 13. The fraction of sp³-hybridized carbons (Fsp3) is 0.423. The van der Waals surface area contributed by atoms with Crippen LogP contribution < -0.4 is 15.8 Å². The Hall–Kier alpha value is -3.61. The van der Waals surface area contributed by atoms with E-state index in [1.807, 2.05) is 6.92 Å². The van der Waals surface area contributed by atoms with Gasteiger partial charge in [0, 0.05) is 36.9 Å². The molecule has 1 heterocycles. The summed E-state index contributed by atoms with van der Waals surface area (Å²) in [5.41, 5.74) is 5.54. The van der Waals surface area contributed by atoms with Gasteiger partial charge < -0.3 is 35.3 Å². The van der Waals surface area contributed by atoms with E-state index in [4.69, 9.17) is 25.1 Å². The SMILES string of the molecule is CCCOCCOCCOc1ccc(F)c(F)c1C(=O)c1ccc(C(=O)N[C@@H]2CN(C(=O)O)C[C@H]2N)cc1. The van der Waals surface area contributed by atoms with Crippen molar-refractivity contribution in [2.24, 2.45) is 5.73 Å². The highest BCUT2D eigenvalue weighted by atomic mass is 19.2. The largest absolute Gasteiger partial charge is 0.490 e. The van der Waals surface area contributed by atoms with Crippen molar-refractivity contribution in [3.8, 4) is 5.75 Å². The van der Waals surface area contributed by atoms with E-state index in [2.05, 4.69) is 5.32 Å². The van der Waals surface area contributed by atoms with Crippen molar-refractivity contribution >= 4 is 17.8 Å². The predicted molar refractivity (Wildman–Crippen MR) is 132 cm³/mol. The van der Waals surface area contributed by atoms with Crippen molar-refractivity contribution in [2.45, 2.75) is 25.4 Å². The number of nitrogens with one attached hydrogen (secondary N) is 1. The molecular formula is C26H31F2N3O7. The van der Waals surface area contributed by atoms with Crippen LogP contribution in [0.1, 0.15) is 39.6 Å². The molecule has 4 N–H and O–H groups in total. The van der Waals surface area contributed by atoms with Gasteiger partial charge in [-0.1, -0.05) is 19.1 Å². The number of ether oxygens (including phenoxy) is 3. The van der Waals surface area contributed by atoms with Gasteiger partial charge in [0.25, 0.3) is 5.91 Å². The topological polar surface area (TPSA) is 140 Å². The van der Waals surface area contributed by atoms with Gasteiger partial charge in [-0.3, -0.25) is 9.59 Å². The Morgan fingerprint density at radius 2 is 1.61 bits per heavy atom. The molecule has 206 valence electrons.